The molecule has 2 amide bonds. The van der Waals surface area contributed by atoms with E-state index in [1.54, 1.807) is 49.4 Å². The molecule has 3 aromatic rings. The molecule has 0 unspecified atom stereocenters. The Morgan fingerprint density at radius 3 is 2.73 bits per heavy atom. The lowest BCUT2D eigenvalue weighted by molar-refractivity contribution is -0.113. The first kappa shape index (κ1) is 23.0. The molecule has 0 radical (unpaired) electrons. The number of imide groups is 1. The van der Waals surface area contributed by atoms with Gasteiger partial charge in [0.25, 0.3) is 17.0 Å². The van der Waals surface area contributed by atoms with Gasteiger partial charge in [0.1, 0.15) is 0 Å². The highest BCUT2D eigenvalue weighted by Gasteiger charge is 2.36. The van der Waals surface area contributed by atoms with E-state index >= 15 is 0 Å². The van der Waals surface area contributed by atoms with Gasteiger partial charge < -0.3 is 9.47 Å². The lowest BCUT2D eigenvalue weighted by Gasteiger charge is -2.13. The number of carbonyl (C=O) groups is 2. The van der Waals surface area contributed by atoms with Crippen molar-refractivity contribution < 1.29 is 23.5 Å². The normalized spacial score (nSPS) is 14.8. The number of ether oxygens (including phenoxy) is 2. The third-order valence-corrected chi connectivity index (χ3v) is 5.60. The Balaban J connectivity index is 1.63. The van der Waals surface area contributed by atoms with E-state index in [1.807, 2.05) is 0 Å². The molecule has 0 spiro atoms. The van der Waals surface area contributed by atoms with Crippen LogP contribution in [0.25, 0.3) is 6.08 Å². The van der Waals surface area contributed by atoms with Crippen LogP contribution in [0, 0.1) is 5.82 Å². The van der Waals surface area contributed by atoms with Crippen LogP contribution in [0.2, 0.25) is 10.3 Å². The molecule has 11 heteroatoms. The summed E-state index contributed by atoms with van der Waals surface area (Å²) in [5, 5.41) is -0.195. The topological polar surface area (TPSA) is 81.6 Å². The molecule has 0 saturated carbocycles. The minimum absolute atomic E-state index is 0.170. The van der Waals surface area contributed by atoms with Crippen molar-refractivity contribution in [2.24, 2.45) is 0 Å². The lowest BCUT2D eigenvalue weighted by Crippen LogP contribution is -2.27. The highest BCUT2D eigenvalue weighted by Crippen LogP contribution is 2.38. The predicted molar refractivity (Wildman–Crippen MR) is 125 cm³/mol. The number of hydrogen-bond acceptors (Lipinski definition) is 7. The Bertz CT molecular complexity index is 1290. The van der Waals surface area contributed by atoms with Crippen LogP contribution in [-0.4, -0.2) is 27.7 Å². The zero-order valence-electron chi connectivity index (χ0n) is 16.9. The molecule has 1 saturated heterocycles. The summed E-state index contributed by atoms with van der Waals surface area (Å²) in [4.78, 5) is 33.9. The second kappa shape index (κ2) is 9.78. The van der Waals surface area contributed by atoms with Crippen LogP contribution < -0.4 is 14.4 Å². The molecule has 2 aromatic carbocycles. The fourth-order valence-electron chi connectivity index (χ4n) is 2.93. The van der Waals surface area contributed by atoms with Crippen molar-refractivity contribution >= 4 is 57.9 Å². The van der Waals surface area contributed by atoms with Gasteiger partial charge in [0, 0.05) is 5.02 Å². The first-order valence-electron chi connectivity index (χ1n) is 9.52. The van der Waals surface area contributed by atoms with E-state index in [-0.39, 0.29) is 27.6 Å². The minimum atomic E-state index is -0.791. The van der Waals surface area contributed by atoms with Crippen LogP contribution in [-0.2, 0) is 4.79 Å². The molecule has 1 aliphatic heterocycles. The molecule has 1 aromatic heterocycles. The summed E-state index contributed by atoms with van der Waals surface area (Å²) in [6.45, 7) is 2.08. The second-order valence-electron chi connectivity index (χ2n) is 6.53. The molecule has 7 nitrogen and oxygen atoms in total. The lowest BCUT2D eigenvalue weighted by atomic mass is 10.1. The van der Waals surface area contributed by atoms with Crippen molar-refractivity contribution in [1.82, 2.24) is 9.97 Å². The Morgan fingerprint density at radius 1 is 1.15 bits per heavy atom. The van der Waals surface area contributed by atoms with Crippen LogP contribution in [0.5, 0.6) is 17.4 Å². The van der Waals surface area contributed by atoms with Crippen molar-refractivity contribution in [3.63, 3.8) is 0 Å². The van der Waals surface area contributed by atoms with Crippen molar-refractivity contribution in [3.8, 4) is 17.4 Å². The number of carbonyl (C=O) groups excluding carboxylic acids is 2. The third-order valence-electron chi connectivity index (χ3n) is 4.31. The van der Waals surface area contributed by atoms with Gasteiger partial charge in [0.05, 0.1) is 23.4 Å². The predicted octanol–water partition coefficient (Wildman–Crippen LogP) is 6.35. The molecule has 33 heavy (non-hydrogen) atoms. The first-order chi connectivity index (χ1) is 15.9. The largest absolute Gasteiger partial charge is 0.490 e. The molecule has 2 heterocycles. The van der Waals surface area contributed by atoms with Crippen LogP contribution in [0.1, 0.15) is 12.5 Å². The highest BCUT2D eigenvalue weighted by molar-refractivity contribution is 8.19. The van der Waals surface area contributed by atoms with Gasteiger partial charge in [-0.2, -0.15) is 9.37 Å². The van der Waals surface area contributed by atoms with Gasteiger partial charge in [-0.1, -0.05) is 23.7 Å². The quantitative estimate of drug-likeness (QED) is 0.285. The van der Waals surface area contributed by atoms with E-state index in [1.165, 1.54) is 6.07 Å². The van der Waals surface area contributed by atoms with Gasteiger partial charge in [-0.15, -0.1) is 0 Å². The summed E-state index contributed by atoms with van der Waals surface area (Å²) in [6, 6.07) is 11.2. The summed E-state index contributed by atoms with van der Waals surface area (Å²) in [7, 11) is 0. The Hall–Kier alpha value is -3.14. The Morgan fingerprint density at radius 2 is 1.97 bits per heavy atom. The molecular formula is C22H14Cl2FN3O4S. The van der Waals surface area contributed by atoms with Crippen molar-refractivity contribution in [1.29, 1.82) is 0 Å². The maximum atomic E-state index is 14.0. The van der Waals surface area contributed by atoms with E-state index in [2.05, 4.69) is 9.97 Å². The number of rotatable bonds is 6. The van der Waals surface area contributed by atoms with Crippen molar-refractivity contribution in [3.05, 3.63) is 75.3 Å². The first-order valence-corrected chi connectivity index (χ1v) is 11.1. The molecule has 0 bridgehead atoms. The van der Waals surface area contributed by atoms with E-state index in [0.717, 1.165) is 22.9 Å². The standard InChI is InChI=1S/C22H14Cl2FN3O4S/c1-2-31-17-8-12(6-7-16(17)32-19-15(25)11-26-21(24)27-19)9-18-20(29)28(22(30)33-18)14-5-3-4-13(23)10-14/h3-11H,2H2,1H3/b18-9-. The third kappa shape index (κ3) is 5.11. The van der Waals surface area contributed by atoms with Crippen molar-refractivity contribution in [2.45, 2.75) is 6.92 Å². The molecule has 1 fully saturated rings. The molecule has 4 rings (SSSR count). The number of benzene rings is 2. The van der Waals surface area contributed by atoms with Crippen LogP contribution >= 0.6 is 35.0 Å². The molecule has 0 N–H and O–H groups in total. The summed E-state index contributed by atoms with van der Waals surface area (Å²) >= 11 is 12.5. The zero-order valence-corrected chi connectivity index (χ0v) is 19.2. The number of aromatic nitrogens is 2. The van der Waals surface area contributed by atoms with Gasteiger partial charge >= 0.3 is 0 Å². The number of thioether (sulfide) groups is 1. The molecular weight excluding hydrogens is 492 g/mol. The minimum Gasteiger partial charge on any atom is -0.490 e. The number of anilines is 1. The fourth-order valence-corrected chi connectivity index (χ4v) is 4.08. The van der Waals surface area contributed by atoms with Gasteiger partial charge in [0.2, 0.25) is 11.1 Å². The average Bonchev–Trinajstić information content (AvgIpc) is 3.05. The van der Waals surface area contributed by atoms with E-state index in [9.17, 15) is 14.0 Å². The van der Waals surface area contributed by atoms with Crippen LogP contribution in [0.3, 0.4) is 0 Å². The fraction of sp³-hybridized carbons (Fsp3) is 0.0909. The number of halogens is 3. The Labute approximate surface area is 202 Å². The number of nitrogens with zero attached hydrogens (tertiary/aromatic N) is 3. The van der Waals surface area contributed by atoms with E-state index in [0.29, 0.717) is 22.9 Å². The molecule has 0 aliphatic carbocycles. The summed E-state index contributed by atoms with van der Waals surface area (Å²) in [5.74, 6) is -1.14. The van der Waals surface area contributed by atoms with Crippen LogP contribution in [0.15, 0.2) is 53.6 Å². The zero-order chi connectivity index (χ0) is 23.5. The maximum absolute atomic E-state index is 14.0. The van der Waals surface area contributed by atoms with Gasteiger partial charge in [-0.3, -0.25) is 9.59 Å². The molecule has 0 atom stereocenters. The second-order valence-corrected chi connectivity index (χ2v) is 8.30. The summed E-state index contributed by atoms with van der Waals surface area (Å²) in [6.07, 6.45) is 2.46. The number of amides is 2. The van der Waals surface area contributed by atoms with Crippen LogP contribution in [0.4, 0.5) is 14.9 Å². The van der Waals surface area contributed by atoms with E-state index < -0.39 is 17.0 Å². The molecule has 1 aliphatic rings. The monoisotopic (exact) mass is 505 g/mol. The smallest absolute Gasteiger partial charge is 0.298 e. The highest BCUT2D eigenvalue weighted by atomic mass is 35.5. The van der Waals surface area contributed by atoms with E-state index in [4.69, 9.17) is 32.7 Å². The maximum Gasteiger partial charge on any atom is 0.298 e. The van der Waals surface area contributed by atoms with Crippen molar-refractivity contribution in [2.75, 3.05) is 11.5 Å². The number of hydrogen-bond donors (Lipinski definition) is 0. The molecule has 168 valence electrons. The van der Waals surface area contributed by atoms with Gasteiger partial charge in [0.15, 0.2) is 11.5 Å². The average molecular weight is 506 g/mol. The van der Waals surface area contributed by atoms with Gasteiger partial charge in [-0.05, 0) is 72.3 Å². The Kier molecular flexibility index (Phi) is 6.83. The SMILES string of the molecule is CCOc1cc(/C=C2\SC(=O)N(c3cccc(Cl)c3)C2=O)ccc1Oc1nc(Cl)ncc1F. The van der Waals surface area contributed by atoms with Gasteiger partial charge in [-0.25, -0.2) is 9.88 Å². The summed E-state index contributed by atoms with van der Waals surface area (Å²) in [5.41, 5.74) is 0.960. The summed E-state index contributed by atoms with van der Waals surface area (Å²) < 4.78 is 25.1.